The van der Waals surface area contributed by atoms with E-state index >= 15 is 0 Å². The van der Waals surface area contributed by atoms with Crippen molar-refractivity contribution >= 4 is 29.2 Å². The van der Waals surface area contributed by atoms with E-state index in [-0.39, 0.29) is 18.4 Å². The van der Waals surface area contributed by atoms with Crippen molar-refractivity contribution in [2.24, 2.45) is 0 Å². The minimum absolute atomic E-state index is 0.0238. The molecule has 0 radical (unpaired) electrons. The highest BCUT2D eigenvalue weighted by atomic mass is 16.5. The van der Waals surface area contributed by atoms with Crippen LogP contribution in [0.4, 0.5) is 11.4 Å². The zero-order valence-electron chi connectivity index (χ0n) is 14.2. The Balaban J connectivity index is 1.40. The fourth-order valence-corrected chi connectivity index (χ4v) is 3.40. The Kier molecular flexibility index (Phi) is 4.16. The molecule has 2 aliphatic rings. The van der Waals surface area contributed by atoms with Crippen molar-refractivity contribution in [2.45, 2.75) is 19.3 Å². The largest absolute Gasteiger partial charge is 0.452 e. The molecule has 2 heterocycles. The van der Waals surface area contributed by atoms with Crippen molar-refractivity contribution in [1.82, 2.24) is 0 Å². The minimum Gasteiger partial charge on any atom is -0.452 e. The summed E-state index contributed by atoms with van der Waals surface area (Å²) in [5.41, 5.74) is 4.03. The van der Waals surface area contributed by atoms with E-state index in [0.29, 0.717) is 24.9 Å². The molecular formula is C20H18N2O4. The predicted octanol–water partition coefficient (Wildman–Crippen LogP) is 2.32. The molecule has 0 spiro atoms. The topological polar surface area (TPSA) is 75.7 Å². The molecule has 0 aliphatic carbocycles. The summed E-state index contributed by atoms with van der Waals surface area (Å²) in [6.45, 7) is 0.315. The number of amides is 2. The van der Waals surface area contributed by atoms with Gasteiger partial charge < -0.3 is 15.0 Å². The van der Waals surface area contributed by atoms with Crippen molar-refractivity contribution < 1.29 is 19.1 Å². The number of nitrogens with zero attached hydrogens (tertiary/aromatic N) is 1. The van der Waals surface area contributed by atoms with Crippen molar-refractivity contribution in [2.75, 3.05) is 23.4 Å². The first-order chi connectivity index (χ1) is 12.6. The van der Waals surface area contributed by atoms with Crippen LogP contribution in [0.5, 0.6) is 0 Å². The normalized spacial score (nSPS) is 15.1. The molecular weight excluding hydrogens is 332 g/mol. The number of para-hydroxylation sites is 1. The summed E-state index contributed by atoms with van der Waals surface area (Å²) in [6, 6.07) is 12.8. The van der Waals surface area contributed by atoms with Gasteiger partial charge in [-0.15, -0.1) is 0 Å². The molecule has 6 heteroatoms. The van der Waals surface area contributed by atoms with Gasteiger partial charge in [-0.3, -0.25) is 9.59 Å². The molecule has 2 amide bonds. The van der Waals surface area contributed by atoms with Crippen LogP contribution in [0.25, 0.3) is 0 Å². The molecule has 0 saturated heterocycles. The van der Waals surface area contributed by atoms with E-state index in [1.54, 1.807) is 23.1 Å². The van der Waals surface area contributed by atoms with Crippen molar-refractivity contribution in [3.63, 3.8) is 0 Å². The number of rotatable bonds is 3. The lowest BCUT2D eigenvalue weighted by Crippen LogP contribution is -2.33. The Hall–Kier alpha value is -3.15. The summed E-state index contributed by atoms with van der Waals surface area (Å²) in [7, 11) is 0. The molecule has 0 unspecified atom stereocenters. The zero-order chi connectivity index (χ0) is 18.1. The molecule has 0 saturated carbocycles. The number of carbonyl (C=O) groups is 3. The summed E-state index contributed by atoms with van der Waals surface area (Å²) < 4.78 is 5.21. The summed E-state index contributed by atoms with van der Waals surface area (Å²) in [6.07, 6.45) is 1.80. The molecule has 6 nitrogen and oxygen atoms in total. The summed E-state index contributed by atoms with van der Waals surface area (Å²) >= 11 is 0. The van der Waals surface area contributed by atoms with Crippen LogP contribution in [0.1, 0.15) is 27.9 Å². The van der Waals surface area contributed by atoms with E-state index in [1.807, 2.05) is 24.3 Å². The van der Waals surface area contributed by atoms with Gasteiger partial charge >= 0.3 is 5.97 Å². The lowest BCUT2D eigenvalue weighted by Gasteiger charge is -2.18. The van der Waals surface area contributed by atoms with Gasteiger partial charge in [0.05, 0.1) is 5.56 Å². The van der Waals surface area contributed by atoms with Gasteiger partial charge in [0.25, 0.3) is 5.91 Å². The van der Waals surface area contributed by atoms with Crippen LogP contribution in [-0.2, 0) is 27.2 Å². The summed E-state index contributed by atoms with van der Waals surface area (Å²) in [4.78, 5) is 37.7. The number of anilines is 2. The molecule has 0 bridgehead atoms. The van der Waals surface area contributed by atoms with Crippen LogP contribution in [0, 0.1) is 0 Å². The highest BCUT2D eigenvalue weighted by Gasteiger charge is 2.25. The number of hydrogen-bond donors (Lipinski definition) is 1. The maximum absolute atomic E-state index is 12.4. The first-order valence-electron chi connectivity index (χ1n) is 8.60. The van der Waals surface area contributed by atoms with Crippen LogP contribution < -0.4 is 10.2 Å². The van der Waals surface area contributed by atoms with Gasteiger partial charge in [-0.2, -0.15) is 0 Å². The average Bonchev–Trinajstić information content (AvgIpc) is 3.09. The van der Waals surface area contributed by atoms with E-state index in [0.717, 1.165) is 28.9 Å². The fourth-order valence-electron chi connectivity index (χ4n) is 3.40. The van der Waals surface area contributed by atoms with E-state index in [9.17, 15) is 14.4 Å². The lowest BCUT2D eigenvalue weighted by atomic mass is 10.0. The first-order valence-corrected chi connectivity index (χ1v) is 8.60. The Morgan fingerprint density at radius 3 is 2.77 bits per heavy atom. The fraction of sp³-hybridized carbons (Fsp3) is 0.250. The second kappa shape index (κ2) is 6.63. The summed E-state index contributed by atoms with van der Waals surface area (Å²) in [5.74, 6) is -0.789. The number of esters is 1. The molecule has 2 aromatic rings. The number of fused-ring (bicyclic) bond motifs is 2. The first kappa shape index (κ1) is 16.3. The van der Waals surface area contributed by atoms with Crippen LogP contribution >= 0.6 is 0 Å². The Bertz CT molecular complexity index is 906. The maximum atomic E-state index is 12.4. The number of aryl methyl sites for hydroxylation is 1. The second-order valence-corrected chi connectivity index (χ2v) is 6.42. The van der Waals surface area contributed by atoms with Crippen molar-refractivity contribution in [1.29, 1.82) is 0 Å². The molecule has 1 N–H and O–H groups in total. The quantitative estimate of drug-likeness (QED) is 0.862. The highest BCUT2D eigenvalue weighted by Crippen LogP contribution is 2.27. The Morgan fingerprint density at radius 1 is 1.04 bits per heavy atom. The second-order valence-electron chi connectivity index (χ2n) is 6.42. The van der Waals surface area contributed by atoms with Crippen LogP contribution in [0.3, 0.4) is 0 Å². The smallest absolute Gasteiger partial charge is 0.338 e. The lowest BCUT2D eigenvalue weighted by molar-refractivity contribution is -0.121. The van der Waals surface area contributed by atoms with E-state index in [4.69, 9.17) is 4.74 Å². The van der Waals surface area contributed by atoms with Crippen LogP contribution in [0.2, 0.25) is 0 Å². The highest BCUT2D eigenvalue weighted by molar-refractivity contribution is 5.99. The average molecular weight is 350 g/mol. The van der Waals surface area contributed by atoms with Gasteiger partial charge in [-0.05, 0) is 48.2 Å². The van der Waals surface area contributed by atoms with Crippen molar-refractivity contribution in [3.05, 3.63) is 59.2 Å². The molecule has 2 aliphatic heterocycles. The summed E-state index contributed by atoms with van der Waals surface area (Å²) in [5, 5.41) is 2.77. The number of benzene rings is 2. The van der Waals surface area contributed by atoms with Gasteiger partial charge in [-0.25, -0.2) is 4.79 Å². The van der Waals surface area contributed by atoms with Crippen molar-refractivity contribution in [3.8, 4) is 0 Å². The third-order valence-electron chi connectivity index (χ3n) is 4.75. The Morgan fingerprint density at radius 2 is 1.88 bits per heavy atom. The third kappa shape index (κ3) is 3.06. The van der Waals surface area contributed by atoms with Crippen LogP contribution in [0.15, 0.2) is 42.5 Å². The molecule has 0 atom stereocenters. The van der Waals surface area contributed by atoms with Gasteiger partial charge in [-0.1, -0.05) is 18.2 Å². The number of carbonyl (C=O) groups excluding carboxylic acids is 3. The van der Waals surface area contributed by atoms with Gasteiger partial charge in [0.2, 0.25) is 5.91 Å². The van der Waals surface area contributed by atoms with E-state index in [2.05, 4.69) is 5.32 Å². The molecule has 26 heavy (non-hydrogen) atoms. The Labute approximate surface area is 150 Å². The maximum Gasteiger partial charge on any atom is 0.338 e. The van der Waals surface area contributed by atoms with Gasteiger partial charge in [0.15, 0.2) is 6.61 Å². The van der Waals surface area contributed by atoms with Crippen LogP contribution in [-0.4, -0.2) is 30.9 Å². The SMILES string of the molecule is O=C1CCc2cc(C(=O)OCC(=O)N3CCc4ccccc43)ccc2N1. The predicted molar refractivity (Wildman–Crippen MR) is 96.2 cm³/mol. The van der Waals surface area contributed by atoms with Gasteiger partial charge in [0.1, 0.15) is 0 Å². The van der Waals surface area contributed by atoms with E-state index < -0.39 is 5.97 Å². The minimum atomic E-state index is -0.537. The third-order valence-corrected chi connectivity index (χ3v) is 4.75. The molecule has 132 valence electrons. The monoisotopic (exact) mass is 350 g/mol. The van der Waals surface area contributed by atoms with E-state index in [1.165, 1.54) is 0 Å². The zero-order valence-corrected chi connectivity index (χ0v) is 14.2. The molecule has 2 aromatic carbocycles. The number of ether oxygens (including phenoxy) is 1. The standard InChI is InChI=1S/C20H18N2O4/c23-18-8-6-14-11-15(5-7-16(14)21-18)20(25)26-12-19(24)22-10-9-13-3-1-2-4-17(13)22/h1-5,7,11H,6,8-10,12H2,(H,21,23). The molecule has 4 rings (SSSR count). The molecule has 0 aromatic heterocycles. The van der Waals surface area contributed by atoms with Gasteiger partial charge in [0, 0.05) is 24.3 Å². The number of nitrogens with one attached hydrogen (secondary N) is 1. The molecule has 0 fully saturated rings. The number of hydrogen-bond acceptors (Lipinski definition) is 4.